The number of aldehydes is 1. The van der Waals surface area contributed by atoms with Crippen LogP contribution < -0.4 is 5.32 Å². The summed E-state index contributed by atoms with van der Waals surface area (Å²) in [5.41, 5.74) is 3.88. The lowest BCUT2D eigenvalue weighted by Crippen LogP contribution is -2.19. The van der Waals surface area contributed by atoms with Crippen LogP contribution in [-0.2, 0) is 18.3 Å². The van der Waals surface area contributed by atoms with Crippen LogP contribution in [0.2, 0.25) is 0 Å². The van der Waals surface area contributed by atoms with Gasteiger partial charge in [-0.05, 0) is 24.3 Å². The van der Waals surface area contributed by atoms with Crippen molar-refractivity contribution in [2.45, 2.75) is 25.7 Å². The van der Waals surface area contributed by atoms with E-state index in [1.54, 1.807) is 0 Å². The number of anilines is 1. The predicted octanol–water partition coefficient (Wildman–Crippen LogP) is 2.75. The molecule has 4 nitrogen and oxygen atoms in total. The maximum atomic E-state index is 10.7. The second-order valence-electron chi connectivity index (χ2n) is 5.89. The number of carbonyl (C=O) groups excluding carboxylic acids is 1. The Morgan fingerprint density at radius 2 is 2.14 bits per heavy atom. The monoisotopic (exact) mass is 283 g/mol. The van der Waals surface area contributed by atoms with Gasteiger partial charge in [0.05, 0.1) is 6.54 Å². The quantitative estimate of drug-likeness (QED) is 0.878. The molecule has 3 rings (SSSR count). The molecule has 2 aromatic rings. The molecule has 0 saturated heterocycles. The van der Waals surface area contributed by atoms with Crippen molar-refractivity contribution in [3.63, 3.8) is 0 Å². The van der Waals surface area contributed by atoms with Crippen LogP contribution in [0, 0.1) is 5.92 Å². The van der Waals surface area contributed by atoms with Crippen LogP contribution in [0.5, 0.6) is 0 Å². The molecular formula is C17H21N3O. The Labute approximate surface area is 125 Å². The van der Waals surface area contributed by atoms with Crippen LogP contribution in [0.25, 0.3) is 0 Å². The van der Waals surface area contributed by atoms with Gasteiger partial charge in [-0.15, -0.1) is 0 Å². The first-order valence-electron chi connectivity index (χ1n) is 7.49. The highest BCUT2D eigenvalue weighted by Crippen LogP contribution is 2.42. The molecule has 0 bridgehead atoms. The van der Waals surface area contributed by atoms with Gasteiger partial charge in [-0.3, -0.25) is 4.68 Å². The number of nitrogens with zero attached hydrogens (tertiary/aromatic N) is 2. The van der Waals surface area contributed by atoms with Gasteiger partial charge < -0.3 is 10.1 Å². The van der Waals surface area contributed by atoms with E-state index in [1.165, 1.54) is 16.8 Å². The zero-order valence-corrected chi connectivity index (χ0v) is 12.5. The van der Waals surface area contributed by atoms with Crippen molar-refractivity contribution in [2.75, 3.05) is 11.9 Å². The fourth-order valence-corrected chi connectivity index (χ4v) is 3.37. The minimum absolute atomic E-state index is 0.306. The van der Waals surface area contributed by atoms with Gasteiger partial charge in [0.2, 0.25) is 0 Å². The molecule has 0 saturated carbocycles. The van der Waals surface area contributed by atoms with Gasteiger partial charge in [-0.1, -0.05) is 37.3 Å². The van der Waals surface area contributed by atoms with E-state index in [-0.39, 0.29) is 0 Å². The van der Waals surface area contributed by atoms with Crippen LogP contribution in [0.4, 0.5) is 5.82 Å². The summed E-state index contributed by atoms with van der Waals surface area (Å²) < 4.78 is 1.97. The first-order chi connectivity index (χ1) is 10.2. The van der Waals surface area contributed by atoms with Crippen molar-refractivity contribution >= 4 is 12.1 Å². The summed E-state index contributed by atoms with van der Waals surface area (Å²) in [6.07, 6.45) is 3.05. The molecule has 1 aliphatic rings. The maximum Gasteiger partial charge on any atom is 0.152 e. The van der Waals surface area contributed by atoms with Crippen molar-refractivity contribution in [1.29, 1.82) is 0 Å². The summed E-state index contributed by atoms with van der Waals surface area (Å²) in [5.74, 6) is 1.85. The van der Waals surface area contributed by atoms with E-state index in [0.717, 1.165) is 24.9 Å². The Balaban J connectivity index is 2.07. The van der Waals surface area contributed by atoms with Gasteiger partial charge in [0.15, 0.2) is 5.82 Å². The number of aromatic nitrogens is 2. The van der Waals surface area contributed by atoms with Crippen molar-refractivity contribution in [3.8, 4) is 0 Å². The van der Waals surface area contributed by atoms with Gasteiger partial charge in [0, 0.05) is 24.2 Å². The largest absolute Gasteiger partial charge is 0.362 e. The van der Waals surface area contributed by atoms with Gasteiger partial charge in [0.25, 0.3) is 0 Å². The van der Waals surface area contributed by atoms with Crippen LogP contribution in [0.15, 0.2) is 30.3 Å². The third-order valence-electron chi connectivity index (χ3n) is 4.29. The van der Waals surface area contributed by atoms with E-state index < -0.39 is 0 Å². The van der Waals surface area contributed by atoms with Crippen molar-refractivity contribution in [3.05, 3.63) is 47.2 Å². The third kappa shape index (κ3) is 2.58. The first kappa shape index (κ1) is 13.9. The number of aryl methyl sites for hydroxylation is 1. The molecule has 21 heavy (non-hydrogen) atoms. The molecule has 0 aliphatic heterocycles. The topological polar surface area (TPSA) is 46.9 Å². The second-order valence-corrected chi connectivity index (χ2v) is 5.89. The van der Waals surface area contributed by atoms with Crippen molar-refractivity contribution < 1.29 is 4.79 Å². The minimum atomic E-state index is 0.306. The Bertz CT molecular complexity index is 633. The zero-order chi connectivity index (χ0) is 14.8. The smallest absolute Gasteiger partial charge is 0.152 e. The lowest BCUT2D eigenvalue weighted by Gasteiger charge is -2.28. The average molecular weight is 283 g/mol. The van der Waals surface area contributed by atoms with Crippen molar-refractivity contribution in [1.82, 2.24) is 9.78 Å². The van der Waals surface area contributed by atoms with E-state index in [1.807, 2.05) is 17.8 Å². The zero-order valence-electron chi connectivity index (χ0n) is 12.5. The summed E-state index contributed by atoms with van der Waals surface area (Å²) in [6.45, 7) is 2.60. The summed E-state index contributed by atoms with van der Waals surface area (Å²) in [5, 5.41) is 7.74. The number of benzene rings is 1. The van der Waals surface area contributed by atoms with Crippen molar-refractivity contribution in [2.24, 2.45) is 13.0 Å². The fourth-order valence-electron chi connectivity index (χ4n) is 3.37. The first-order valence-corrected chi connectivity index (χ1v) is 7.49. The molecule has 4 heteroatoms. The van der Waals surface area contributed by atoms with E-state index >= 15 is 0 Å². The predicted molar refractivity (Wildman–Crippen MR) is 83.5 cm³/mol. The normalized spacial score (nSPS) is 20.9. The SMILES string of the molecule is C[C@@H]1Cc2c(c(NCC=O)nn2C)[C@H](c2ccccc2)C1. The van der Waals surface area contributed by atoms with Gasteiger partial charge >= 0.3 is 0 Å². The van der Waals surface area contributed by atoms with Gasteiger partial charge in [-0.2, -0.15) is 5.10 Å². The van der Waals surface area contributed by atoms with Crippen LogP contribution >= 0.6 is 0 Å². The summed E-state index contributed by atoms with van der Waals surface area (Å²) in [7, 11) is 1.99. The van der Waals surface area contributed by atoms with Gasteiger partial charge in [-0.25, -0.2) is 0 Å². The fraction of sp³-hybridized carbons (Fsp3) is 0.412. The Morgan fingerprint density at radius 3 is 2.86 bits per heavy atom. The number of fused-ring (bicyclic) bond motifs is 1. The molecule has 0 fully saturated rings. The Kier molecular flexibility index (Phi) is 3.78. The molecule has 2 atom stereocenters. The molecule has 110 valence electrons. The summed E-state index contributed by atoms with van der Waals surface area (Å²) in [4.78, 5) is 10.7. The number of carbonyl (C=O) groups is 1. The van der Waals surface area contributed by atoms with Crippen LogP contribution in [0.3, 0.4) is 0 Å². The van der Waals surface area contributed by atoms with Gasteiger partial charge in [0.1, 0.15) is 6.29 Å². The summed E-state index contributed by atoms with van der Waals surface area (Å²) in [6, 6.07) is 10.6. The minimum Gasteiger partial charge on any atom is -0.362 e. The van der Waals surface area contributed by atoms with E-state index in [4.69, 9.17) is 0 Å². The Hall–Kier alpha value is -2.10. The van der Waals surface area contributed by atoms with E-state index in [2.05, 4.69) is 41.6 Å². The average Bonchev–Trinajstić information content (AvgIpc) is 2.81. The number of hydrogen-bond donors (Lipinski definition) is 1. The summed E-state index contributed by atoms with van der Waals surface area (Å²) >= 11 is 0. The molecule has 0 spiro atoms. The lowest BCUT2D eigenvalue weighted by atomic mass is 9.77. The Morgan fingerprint density at radius 1 is 1.38 bits per heavy atom. The number of hydrogen-bond acceptors (Lipinski definition) is 3. The standard InChI is InChI=1S/C17H21N3O/c1-12-10-14(13-6-4-3-5-7-13)16-15(11-12)20(2)19-17(16)18-8-9-21/h3-7,9,12,14H,8,10-11H2,1-2H3,(H,18,19)/t12-,14-/m0/s1. The molecule has 0 unspecified atom stereocenters. The molecule has 1 aliphatic carbocycles. The van der Waals surface area contributed by atoms with Crippen LogP contribution in [0.1, 0.15) is 36.1 Å². The maximum absolute atomic E-state index is 10.7. The van der Waals surface area contributed by atoms with Crippen LogP contribution in [-0.4, -0.2) is 22.6 Å². The molecule has 0 radical (unpaired) electrons. The molecule has 1 aromatic carbocycles. The highest BCUT2D eigenvalue weighted by molar-refractivity contribution is 5.61. The molecule has 1 aromatic heterocycles. The third-order valence-corrected chi connectivity index (χ3v) is 4.29. The highest BCUT2D eigenvalue weighted by Gasteiger charge is 2.31. The van der Waals surface area contributed by atoms with E-state index in [0.29, 0.717) is 18.4 Å². The van der Waals surface area contributed by atoms with E-state index in [9.17, 15) is 4.79 Å². The molecule has 1 N–H and O–H groups in total. The second kappa shape index (κ2) is 5.72. The number of rotatable bonds is 4. The number of nitrogens with one attached hydrogen (secondary N) is 1. The molecular weight excluding hydrogens is 262 g/mol. The molecule has 1 heterocycles. The highest BCUT2D eigenvalue weighted by atomic mass is 16.1. The lowest BCUT2D eigenvalue weighted by molar-refractivity contribution is -0.106. The molecule has 0 amide bonds.